The minimum atomic E-state index is -0.261. The van der Waals surface area contributed by atoms with Gasteiger partial charge in [-0.3, -0.25) is 4.79 Å². The van der Waals surface area contributed by atoms with Crippen molar-refractivity contribution in [1.82, 2.24) is 15.5 Å². The van der Waals surface area contributed by atoms with Crippen molar-refractivity contribution in [2.75, 3.05) is 0 Å². The average Bonchev–Trinajstić information content (AvgIpc) is 3.19. The molecular weight excluding hydrogens is 298 g/mol. The van der Waals surface area contributed by atoms with Gasteiger partial charge in [0.05, 0.1) is 4.88 Å². The van der Waals surface area contributed by atoms with Gasteiger partial charge < -0.3 is 9.84 Å². The number of amides is 1. The summed E-state index contributed by atoms with van der Waals surface area (Å²) >= 11 is 1.52. The minimum Gasteiger partial charge on any atom is -0.345 e. The number of rotatable bonds is 4. The lowest BCUT2D eigenvalue weighted by atomic mass is 9.80. The van der Waals surface area contributed by atoms with Crippen molar-refractivity contribution in [3.8, 4) is 10.7 Å². The SMILES string of the molecule is CC(C)C1CCC(NC(=O)c2nc(-c3cccs3)no2)CC1. The molecule has 1 aliphatic rings. The topological polar surface area (TPSA) is 68.0 Å². The number of thiophene rings is 1. The normalized spacial score (nSPS) is 22.0. The highest BCUT2D eigenvalue weighted by atomic mass is 32.1. The third-order valence-corrected chi connectivity index (χ3v) is 5.28. The van der Waals surface area contributed by atoms with E-state index in [4.69, 9.17) is 4.52 Å². The molecule has 1 fully saturated rings. The van der Waals surface area contributed by atoms with Gasteiger partial charge in [0.15, 0.2) is 0 Å². The van der Waals surface area contributed by atoms with Crippen LogP contribution in [0.15, 0.2) is 22.0 Å². The van der Waals surface area contributed by atoms with Crippen LogP contribution in [0.1, 0.15) is 50.2 Å². The van der Waals surface area contributed by atoms with Crippen LogP contribution in [0.2, 0.25) is 0 Å². The van der Waals surface area contributed by atoms with Crippen LogP contribution in [0.4, 0.5) is 0 Å². The van der Waals surface area contributed by atoms with E-state index >= 15 is 0 Å². The highest BCUT2D eigenvalue weighted by Crippen LogP contribution is 2.30. The largest absolute Gasteiger partial charge is 0.345 e. The Morgan fingerprint density at radius 2 is 2.14 bits per heavy atom. The van der Waals surface area contributed by atoms with E-state index < -0.39 is 0 Å². The zero-order valence-corrected chi connectivity index (χ0v) is 13.7. The van der Waals surface area contributed by atoms with Crippen molar-refractivity contribution < 1.29 is 9.32 Å². The first-order chi connectivity index (χ1) is 10.6. The number of carbonyl (C=O) groups is 1. The summed E-state index contributed by atoms with van der Waals surface area (Å²) in [5, 5.41) is 8.84. The van der Waals surface area contributed by atoms with Crippen LogP contribution in [-0.4, -0.2) is 22.1 Å². The van der Waals surface area contributed by atoms with Gasteiger partial charge in [0.25, 0.3) is 0 Å². The van der Waals surface area contributed by atoms with E-state index in [0.29, 0.717) is 5.82 Å². The molecule has 0 atom stereocenters. The quantitative estimate of drug-likeness (QED) is 0.932. The first-order valence-electron chi connectivity index (χ1n) is 7.82. The fraction of sp³-hybridized carbons (Fsp3) is 0.562. The van der Waals surface area contributed by atoms with Crippen LogP contribution in [0.3, 0.4) is 0 Å². The molecule has 0 bridgehead atoms. The van der Waals surface area contributed by atoms with E-state index in [1.807, 2.05) is 17.5 Å². The molecule has 1 aliphatic carbocycles. The van der Waals surface area contributed by atoms with Crippen molar-refractivity contribution in [2.45, 2.75) is 45.6 Å². The number of nitrogens with zero attached hydrogens (tertiary/aromatic N) is 2. The smallest absolute Gasteiger partial charge is 0.316 e. The summed E-state index contributed by atoms with van der Waals surface area (Å²) < 4.78 is 5.08. The third kappa shape index (κ3) is 3.38. The predicted molar refractivity (Wildman–Crippen MR) is 85.7 cm³/mol. The Bertz CT molecular complexity index is 613. The van der Waals surface area contributed by atoms with E-state index in [0.717, 1.165) is 29.6 Å². The Morgan fingerprint density at radius 1 is 1.36 bits per heavy atom. The molecule has 5 nitrogen and oxygen atoms in total. The Labute approximate surface area is 134 Å². The van der Waals surface area contributed by atoms with E-state index in [2.05, 4.69) is 29.3 Å². The Balaban J connectivity index is 1.57. The highest BCUT2D eigenvalue weighted by Gasteiger charge is 2.26. The van der Waals surface area contributed by atoms with E-state index in [-0.39, 0.29) is 17.8 Å². The van der Waals surface area contributed by atoms with Gasteiger partial charge in [-0.05, 0) is 49.0 Å². The van der Waals surface area contributed by atoms with Crippen LogP contribution in [0.25, 0.3) is 10.7 Å². The zero-order valence-electron chi connectivity index (χ0n) is 12.9. The zero-order chi connectivity index (χ0) is 15.5. The van der Waals surface area contributed by atoms with Gasteiger partial charge in [-0.2, -0.15) is 4.98 Å². The molecule has 0 aromatic carbocycles. The standard InChI is InChI=1S/C16H21N3O2S/c1-10(2)11-5-7-12(8-6-11)17-15(20)16-18-14(19-21-16)13-4-3-9-22-13/h3-4,9-12H,5-8H2,1-2H3,(H,17,20). The van der Waals surface area contributed by atoms with Crippen LogP contribution in [0.5, 0.6) is 0 Å². The molecule has 22 heavy (non-hydrogen) atoms. The monoisotopic (exact) mass is 319 g/mol. The molecule has 118 valence electrons. The summed E-state index contributed by atoms with van der Waals surface area (Å²) in [6.07, 6.45) is 4.40. The number of hydrogen-bond acceptors (Lipinski definition) is 5. The maximum atomic E-state index is 12.2. The lowest BCUT2D eigenvalue weighted by Gasteiger charge is -2.30. The van der Waals surface area contributed by atoms with E-state index in [1.165, 1.54) is 24.2 Å². The Morgan fingerprint density at radius 3 is 2.77 bits per heavy atom. The second-order valence-corrected chi connectivity index (χ2v) is 7.18. The highest BCUT2D eigenvalue weighted by molar-refractivity contribution is 7.13. The summed E-state index contributed by atoms with van der Waals surface area (Å²) in [6.45, 7) is 4.54. The lowest BCUT2D eigenvalue weighted by Crippen LogP contribution is -2.38. The molecule has 1 N–H and O–H groups in total. The molecule has 1 amide bonds. The van der Waals surface area contributed by atoms with Crippen molar-refractivity contribution >= 4 is 17.2 Å². The van der Waals surface area contributed by atoms with Crippen molar-refractivity contribution in [3.05, 3.63) is 23.4 Å². The van der Waals surface area contributed by atoms with Gasteiger partial charge in [-0.1, -0.05) is 25.1 Å². The van der Waals surface area contributed by atoms with Gasteiger partial charge in [-0.15, -0.1) is 11.3 Å². The molecule has 2 aromatic heterocycles. The number of nitrogens with one attached hydrogen (secondary N) is 1. The van der Waals surface area contributed by atoms with Crippen LogP contribution in [0, 0.1) is 11.8 Å². The molecule has 1 saturated carbocycles. The molecule has 0 saturated heterocycles. The summed E-state index contributed by atoms with van der Waals surface area (Å²) in [5.74, 6) is 1.77. The second-order valence-electron chi connectivity index (χ2n) is 6.23. The van der Waals surface area contributed by atoms with Crippen LogP contribution < -0.4 is 5.32 Å². The molecule has 2 heterocycles. The van der Waals surface area contributed by atoms with Gasteiger partial charge in [0, 0.05) is 6.04 Å². The Hall–Kier alpha value is -1.69. The molecule has 0 aliphatic heterocycles. The van der Waals surface area contributed by atoms with E-state index in [9.17, 15) is 4.79 Å². The molecule has 0 radical (unpaired) electrons. The number of aromatic nitrogens is 2. The van der Waals surface area contributed by atoms with Gasteiger partial charge in [0.1, 0.15) is 0 Å². The first-order valence-corrected chi connectivity index (χ1v) is 8.70. The molecule has 0 unspecified atom stereocenters. The van der Waals surface area contributed by atoms with Crippen molar-refractivity contribution in [3.63, 3.8) is 0 Å². The summed E-state index contributed by atoms with van der Waals surface area (Å²) in [6, 6.07) is 4.05. The number of carbonyl (C=O) groups excluding carboxylic acids is 1. The van der Waals surface area contributed by atoms with Gasteiger partial charge >= 0.3 is 11.8 Å². The molecule has 3 rings (SSSR count). The minimum absolute atomic E-state index is 0.0504. The summed E-state index contributed by atoms with van der Waals surface area (Å²) in [7, 11) is 0. The van der Waals surface area contributed by atoms with Crippen molar-refractivity contribution in [2.24, 2.45) is 11.8 Å². The predicted octanol–water partition coefficient (Wildman–Crippen LogP) is 3.74. The fourth-order valence-electron chi connectivity index (χ4n) is 3.00. The molecule has 2 aromatic rings. The first kappa shape index (κ1) is 15.2. The summed E-state index contributed by atoms with van der Waals surface area (Å²) in [5.41, 5.74) is 0. The molecular formula is C16H21N3O2S. The summed E-state index contributed by atoms with van der Waals surface area (Å²) in [4.78, 5) is 17.3. The van der Waals surface area contributed by atoms with Crippen LogP contribution in [-0.2, 0) is 0 Å². The number of hydrogen-bond donors (Lipinski definition) is 1. The van der Waals surface area contributed by atoms with Gasteiger partial charge in [0.2, 0.25) is 5.82 Å². The van der Waals surface area contributed by atoms with E-state index in [1.54, 1.807) is 0 Å². The second kappa shape index (κ2) is 6.60. The van der Waals surface area contributed by atoms with Gasteiger partial charge in [-0.25, -0.2) is 0 Å². The third-order valence-electron chi connectivity index (χ3n) is 4.41. The molecule has 0 spiro atoms. The maximum Gasteiger partial charge on any atom is 0.316 e. The molecule has 6 heteroatoms. The lowest BCUT2D eigenvalue weighted by molar-refractivity contribution is 0.0873. The van der Waals surface area contributed by atoms with Crippen molar-refractivity contribution in [1.29, 1.82) is 0 Å². The Kier molecular flexibility index (Phi) is 4.57. The van der Waals surface area contributed by atoms with Crippen LogP contribution >= 0.6 is 11.3 Å². The fourth-order valence-corrected chi connectivity index (χ4v) is 3.65. The average molecular weight is 319 g/mol. The maximum absolute atomic E-state index is 12.2.